The summed E-state index contributed by atoms with van der Waals surface area (Å²) in [6.07, 6.45) is 1.55. The van der Waals surface area contributed by atoms with Gasteiger partial charge in [-0.1, -0.05) is 42.5 Å². The number of benzene rings is 2. The van der Waals surface area contributed by atoms with Gasteiger partial charge in [0.25, 0.3) is 11.8 Å². The Labute approximate surface area is 192 Å². The van der Waals surface area contributed by atoms with Crippen molar-refractivity contribution in [2.45, 2.75) is 38.3 Å². The maximum absolute atomic E-state index is 12.6. The highest BCUT2D eigenvalue weighted by atomic mass is 16.5. The quantitative estimate of drug-likeness (QED) is 0.656. The molecule has 172 valence electrons. The normalized spacial score (nSPS) is 16.0. The molecular weight excluding hydrogens is 422 g/mol. The van der Waals surface area contributed by atoms with Crippen LogP contribution < -0.4 is 5.32 Å². The Morgan fingerprint density at radius 3 is 2.15 bits per heavy atom. The minimum atomic E-state index is -0.454. The van der Waals surface area contributed by atoms with E-state index in [4.69, 9.17) is 4.74 Å². The summed E-state index contributed by atoms with van der Waals surface area (Å²) in [5.74, 6) is -0.597. The molecule has 0 aromatic heterocycles. The first-order chi connectivity index (χ1) is 16.0. The van der Waals surface area contributed by atoms with Crippen molar-refractivity contribution in [2.24, 2.45) is 0 Å². The molecule has 4 amide bonds. The van der Waals surface area contributed by atoms with Crippen LogP contribution in [0.3, 0.4) is 0 Å². The highest BCUT2D eigenvalue weighted by Crippen LogP contribution is 2.23. The molecule has 2 aliphatic heterocycles. The summed E-state index contributed by atoms with van der Waals surface area (Å²) in [6.45, 7) is 1.55. The maximum atomic E-state index is 12.6. The van der Waals surface area contributed by atoms with Crippen LogP contribution in [0.15, 0.2) is 54.6 Å². The third kappa shape index (κ3) is 5.39. The number of ether oxygens (including phenoxy) is 1. The van der Waals surface area contributed by atoms with Crippen LogP contribution in [-0.4, -0.2) is 59.3 Å². The second-order valence-corrected chi connectivity index (χ2v) is 8.27. The van der Waals surface area contributed by atoms with Crippen molar-refractivity contribution in [2.75, 3.05) is 19.6 Å². The lowest BCUT2D eigenvalue weighted by Gasteiger charge is -2.32. The molecule has 1 N–H and O–H groups in total. The molecule has 2 aromatic rings. The predicted molar refractivity (Wildman–Crippen MR) is 120 cm³/mol. The highest BCUT2D eigenvalue weighted by molar-refractivity contribution is 6.21. The fourth-order valence-corrected chi connectivity index (χ4v) is 4.19. The van der Waals surface area contributed by atoms with Crippen LogP contribution >= 0.6 is 0 Å². The van der Waals surface area contributed by atoms with Crippen molar-refractivity contribution in [3.63, 3.8) is 0 Å². The zero-order valence-corrected chi connectivity index (χ0v) is 18.4. The molecular formula is C25H27N3O5. The van der Waals surface area contributed by atoms with Crippen molar-refractivity contribution in [1.82, 2.24) is 15.1 Å². The number of amides is 4. The molecule has 2 aromatic carbocycles. The van der Waals surface area contributed by atoms with Crippen LogP contribution in [-0.2, 0) is 16.1 Å². The van der Waals surface area contributed by atoms with Crippen LogP contribution in [0.4, 0.5) is 4.79 Å². The molecule has 0 unspecified atom stereocenters. The molecule has 0 saturated carbocycles. The van der Waals surface area contributed by atoms with E-state index >= 15 is 0 Å². The van der Waals surface area contributed by atoms with Gasteiger partial charge >= 0.3 is 6.09 Å². The van der Waals surface area contributed by atoms with E-state index in [-0.39, 0.29) is 43.3 Å². The minimum absolute atomic E-state index is 0.00304. The molecule has 0 bridgehead atoms. The number of alkyl carbamates (subject to hydrolysis) is 1. The monoisotopic (exact) mass is 449 g/mol. The zero-order valence-electron chi connectivity index (χ0n) is 18.4. The summed E-state index contributed by atoms with van der Waals surface area (Å²) in [6, 6.07) is 16.2. The summed E-state index contributed by atoms with van der Waals surface area (Å²) < 4.78 is 5.26. The van der Waals surface area contributed by atoms with Crippen LogP contribution in [0.1, 0.15) is 52.0 Å². The summed E-state index contributed by atoms with van der Waals surface area (Å²) in [5, 5.41) is 2.87. The summed E-state index contributed by atoms with van der Waals surface area (Å²) in [4.78, 5) is 52.4. The van der Waals surface area contributed by atoms with Crippen molar-refractivity contribution < 1.29 is 23.9 Å². The molecule has 8 nitrogen and oxygen atoms in total. The van der Waals surface area contributed by atoms with E-state index in [1.165, 1.54) is 4.90 Å². The standard InChI is InChI=1S/C25H27N3O5/c29-22(11-6-14-28-23(30)20-9-4-5-10-21(20)24(28)31)27-15-12-19(13-16-27)26-25(32)33-17-18-7-2-1-3-8-18/h1-5,7-10,19H,6,11-17H2,(H,26,32). The number of nitrogens with one attached hydrogen (secondary N) is 1. The Balaban J connectivity index is 1.15. The van der Waals surface area contributed by atoms with Gasteiger partial charge < -0.3 is 15.0 Å². The lowest BCUT2D eigenvalue weighted by atomic mass is 10.0. The van der Waals surface area contributed by atoms with Crippen molar-refractivity contribution in [3.05, 3.63) is 71.3 Å². The van der Waals surface area contributed by atoms with E-state index in [0.717, 1.165) is 5.56 Å². The molecule has 0 atom stereocenters. The maximum Gasteiger partial charge on any atom is 0.407 e. The van der Waals surface area contributed by atoms with Gasteiger partial charge in [-0.15, -0.1) is 0 Å². The number of carbonyl (C=O) groups is 4. The Morgan fingerprint density at radius 1 is 0.909 bits per heavy atom. The van der Waals surface area contributed by atoms with Crippen LogP contribution in [0.25, 0.3) is 0 Å². The number of rotatable bonds is 7. The van der Waals surface area contributed by atoms with E-state index in [9.17, 15) is 19.2 Å². The lowest BCUT2D eigenvalue weighted by molar-refractivity contribution is -0.132. The second-order valence-electron chi connectivity index (χ2n) is 8.27. The first-order valence-corrected chi connectivity index (χ1v) is 11.2. The number of fused-ring (bicyclic) bond motifs is 1. The van der Waals surface area contributed by atoms with Crippen molar-refractivity contribution in [3.8, 4) is 0 Å². The predicted octanol–water partition coefficient (Wildman–Crippen LogP) is 2.98. The van der Waals surface area contributed by atoms with Gasteiger partial charge in [-0.25, -0.2) is 4.79 Å². The number of nitrogens with zero attached hydrogens (tertiary/aromatic N) is 2. The van der Waals surface area contributed by atoms with E-state index in [2.05, 4.69) is 5.32 Å². The topological polar surface area (TPSA) is 96.0 Å². The summed E-state index contributed by atoms with van der Waals surface area (Å²) >= 11 is 0. The van der Waals surface area contributed by atoms with Crippen molar-refractivity contribution >= 4 is 23.8 Å². The van der Waals surface area contributed by atoms with Gasteiger partial charge in [0.2, 0.25) is 5.91 Å². The smallest absolute Gasteiger partial charge is 0.407 e. The number of piperidine rings is 1. The van der Waals surface area contributed by atoms with Crippen LogP contribution in [0, 0.1) is 0 Å². The third-order valence-corrected chi connectivity index (χ3v) is 6.03. The van der Waals surface area contributed by atoms with Gasteiger partial charge in [0, 0.05) is 32.1 Å². The van der Waals surface area contributed by atoms with Crippen molar-refractivity contribution in [1.29, 1.82) is 0 Å². The number of likely N-dealkylation sites (tertiary alicyclic amines) is 1. The molecule has 8 heteroatoms. The highest BCUT2D eigenvalue weighted by Gasteiger charge is 2.34. The fraction of sp³-hybridized carbons (Fsp3) is 0.360. The largest absolute Gasteiger partial charge is 0.445 e. The molecule has 0 radical (unpaired) electrons. The third-order valence-electron chi connectivity index (χ3n) is 6.03. The molecule has 0 spiro atoms. The molecule has 2 aliphatic rings. The van der Waals surface area contributed by atoms with E-state index < -0.39 is 6.09 Å². The molecule has 2 heterocycles. The van der Waals surface area contributed by atoms with Gasteiger partial charge in [0.05, 0.1) is 11.1 Å². The minimum Gasteiger partial charge on any atom is -0.445 e. The number of hydrogen-bond donors (Lipinski definition) is 1. The summed E-state index contributed by atoms with van der Waals surface area (Å²) in [5.41, 5.74) is 1.77. The Bertz CT molecular complexity index is 996. The lowest BCUT2D eigenvalue weighted by Crippen LogP contribution is -2.46. The molecule has 0 aliphatic carbocycles. The first-order valence-electron chi connectivity index (χ1n) is 11.2. The molecule has 4 rings (SSSR count). The van der Waals surface area contributed by atoms with E-state index in [1.807, 2.05) is 30.3 Å². The van der Waals surface area contributed by atoms with E-state index in [0.29, 0.717) is 43.5 Å². The Kier molecular flexibility index (Phi) is 7.02. The zero-order chi connectivity index (χ0) is 23.2. The Morgan fingerprint density at radius 2 is 1.52 bits per heavy atom. The number of imide groups is 1. The van der Waals surface area contributed by atoms with E-state index in [1.54, 1.807) is 29.2 Å². The van der Waals surface area contributed by atoms with Gasteiger partial charge in [-0.2, -0.15) is 0 Å². The summed E-state index contributed by atoms with van der Waals surface area (Å²) in [7, 11) is 0. The average Bonchev–Trinajstić information content (AvgIpc) is 3.09. The average molecular weight is 450 g/mol. The van der Waals surface area contributed by atoms with Crippen LogP contribution in [0.2, 0.25) is 0 Å². The molecule has 1 saturated heterocycles. The molecule has 33 heavy (non-hydrogen) atoms. The SMILES string of the molecule is O=C(NC1CCN(C(=O)CCCN2C(=O)c3ccccc3C2=O)CC1)OCc1ccccc1. The van der Waals surface area contributed by atoms with Gasteiger partial charge in [-0.05, 0) is 37.0 Å². The van der Waals surface area contributed by atoms with Gasteiger partial charge in [0.15, 0.2) is 0 Å². The van der Waals surface area contributed by atoms with Gasteiger partial charge in [0.1, 0.15) is 6.61 Å². The molecule has 1 fully saturated rings. The van der Waals surface area contributed by atoms with Crippen LogP contribution in [0.5, 0.6) is 0 Å². The first kappa shape index (κ1) is 22.5. The number of hydrogen-bond acceptors (Lipinski definition) is 5. The number of carbonyl (C=O) groups excluding carboxylic acids is 4. The fourth-order valence-electron chi connectivity index (χ4n) is 4.19. The Hall–Kier alpha value is -3.68. The van der Waals surface area contributed by atoms with Gasteiger partial charge in [-0.3, -0.25) is 19.3 Å². The second kappa shape index (κ2) is 10.3.